The van der Waals surface area contributed by atoms with Crippen LogP contribution in [0.15, 0.2) is 54.6 Å². The number of rotatable bonds is 9. The first kappa shape index (κ1) is 19.0. The molecule has 2 aromatic carbocycles. The van der Waals surface area contributed by atoms with E-state index in [1.54, 1.807) is 19.2 Å². The first-order valence-electron chi connectivity index (χ1n) is 8.52. The smallest absolute Gasteiger partial charge is 0.238 e. The molecule has 5 heteroatoms. The number of amides is 1. The van der Waals surface area contributed by atoms with Gasteiger partial charge in [0.1, 0.15) is 5.75 Å². The largest absolute Gasteiger partial charge is 0.495 e. The molecular formula is C20H26N2O3. The Kier molecular flexibility index (Phi) is 7.44. The summed E-state index contributed by atoms with van der Waals surface area (Å²) in [5, 5.41) is 13.3. The van der Waals surface area contributed by atoms with Crippen LogP contribution in [0, 0.1) is 0 Å². The number of nitrogens with one attached hydrogen (secondary N) is 1. The van der Waals surface area contributed by atoms with Crippen LogP contribution in [0.5, 0.6) is 5.75 Å². The normalized spacial score (nSPS) is 12.0. The van der Waals surface area contributed by atoms with Gasteiger partial charge in [-0.1, -0.05) is 49.4 Å². The van der Waals surface area contributed by atoms with Gasteiger partial charge >= 0.3 is 0 Å². The van der Waals surface area contributed by atoms with Crippen LogP contribution < -0.4 is 10.1 Å². The molecule has 0 spiro atoms. The minimum atomic E-state index is -0.619. The summed E-state index contributed by atoms with van der Waals surface area (Å²) in [6, 6.07) is 16.8. The summed E-state index contributed by atoms with van der Waals surface area (Å²) in [5.74, 6) is 0.500. The van der Waals surface area contributed by atoms with Crippen molar-refractivity contribution >= 4 is 11.6 Å². The van der Waals surface area contributed by atoms with Crippen LogP contribution >= 0.6 is 0 Å². The van der Waals surface area contributed by atoms with E-state index in [0.29, 0.717) is 18.0 Å². The highest BCUT2D eigenvalue weighted by atomic mass is 16.5. The highest BCUT2D eigenvalue weighted by Gasteiger charge is 2.16. The molecule has 0 bridgehead atoms. The predicted octanol–water partition coefficient (Wildman–Crippen LogP) is 3.08. The Morgan fingerprint density at radius 2 is 1.84 bits per heavy atom. The van der Waals surface area contributed by atoms with Gasteiger partial charge in [0.25, 0.3) is 0 Å². The van der Waals surface area contributed by atoms with Gasteiger partial charge in [0.2, 0.25) is 5.91 Å². The zero-order valence-electron chi connectivity index (χ0n) is 14.8. The first-order valence-corrected chi connectivity index (χ1v) is 8.52. The van der Waals surface area contributed by atoms with E-state index in [-0.39, 0.29) is 12.5 Å². The summed E-state index contributed by atoms with van der Waals surface area (Å²) in [6.45, 7) is 3.43. The second-order valence-electron chi connectivity index (χ2n) is 5.91. The molecule has 0 aliphatic rings. The lowest BCUT2D eigenvalue weighted by atomic mass is 10.1. The molecule has 0 heterocycles. The van der Waals surface area contributed by atoms with Crippen molar-refractivity contribution in [1.82, 2.24) is 4.90 Å². The van der Waals surface area contributed by atoms with Crippen LogP contribution in [0.25, 0.3) is 0 Å². The number of aliphatic hydroxyl groups is 1. The second-order valence-corrected chi connectivity index (χ2v) is 5.91. The van der Waals surface area contributed by atoms with Crippen LogP contribution in [0.1, 0.15) is 25.0 Å². The second kappa shape index (κ2) is 9.81. The third-order valence-electron chi connectivity index (χ3n) is 3.90. The van der Waals surface area contributed by atoms with E-state index in [1.165, 1.54) is 0 Å². The molecule has 0 aliphatic carbocycles. The Morgan fingerprint density at radius 3 is 2.52 bits per heavy atom. The fourth-order valence-corrected chi connectivity index (χ4v) is 2.72. The van der Waals surface area contributed by atoms with Crippen molar-refractivity contribution in [3.05, 3.63) is 60.2 Å². The average molecular weight is 342 g/mol. The van der Waals surface area contributed by atoms with Crippen LogP contribution in [-0.4, -0.2) is 42.7 Å². The van der Waals surface area contributed by atoms with Gasteiger partial charge in [0.15, 0.2) is 0 Å². The van der Waals surface area contributed by atoms with Gasteiger partial charge in [0, 0.05) is 6.54 Å². The van der Waals surface area contributed by atoms with Crippen molar-refractivity contribution in [2.45, 2.75) is 19.4 Å². The molecule has 1 unspecified atom stereocenters. The average Bonchev–Trinajstić information content (AvgIpc) is 2.63. The van der Waals surface area contributed by atoms with Gasteiger partial charge < -0.3 is 15.2 Å². The lowest BCUT2D eigenvalue weighted by Gasteiger charge is -2.24. The third-order valence-corrected chi connectivity index (χ3v) is 3.90. The number of benzene rings is 2. The molecule has 134 valence electrons. The Morgan fingerprint density at radius 1 is 1.16 bits per heavy atom. The van der Waals surface area contributed by atoms with E-state index in [0.717, 1.165) is 18.5 Å². The summed E-state index contributed by atoms with van der Waals surface area (Å²) in [5.41, 5.74) is 1.50. The minimum absolute atomic E-state index is 0.127. The van der Waals surface area contributed by atoms with Gasteiger partial charge in [-0.2, -0.15) is 0 Å². The maximum Gasteiger partial charge on any atom is 0.238 e. The number of para-hydroxylation sites is 2. The van der Waals surface area contributed by atoms with Gasteiger partial charge in [-0.3, -0.25) is 9.69 Å². The molecule has 0 fully saturated rings. The SMILES string of the molecule is CCCN(CC(=O)Nc1ccccc1OC)CC(O)c1ccccc1. The van der Waals surface area contributed by atoms with E-state index in [2.05, 4.69) is 12.2 Å². The van der Waals surface area contributed by atoms with E-state index in [4.69, 9.17) is 4.74 Å². The summed E-state index contributed by atoms with van der Waals surface area (Å²) < 4.78 is 5.25. The summed E-state index contributed by atoms with van der Waals surface area (Å²) in [6.07, 6.45) is 0.288. The van der Waals surface area contributed by atoms with Crippen molar-refractivity contribution in [2.24, 2.45) is 0 Å². The summed E-state index contributed by atoms with van der Waals surface area (Å²) in [7, 11) is 1.57. The third kappa shape index (κ3) is 5.89. The van der Waals surface area contributed by atoms with Crippen molar-refractivity contribution in [3.63, 3.8) is 0 Å². The predicted molar refractivity (Wildman–Crippen MR) is 99.8 cm³/mol. The molecule has 2 rings (SSSR count). The number of ether oxygens (including phenoxy) is 1. The summed E-state index contributed by atoms with van der Waals surface area (Å²) in [4.78, 5) is 14.4. The first-order chi connectivity index (χ1) is 12.1. The highest BCUT2D eigenvalue weighted by molar-refractivity contribution is 5.93. The van der Waals surface area contributed by atoms with Crippen LogP contribution in [-0.2, 0) is 4.79 Å². The number of carbonyl (C=O) groups is 1. The maximum atomic E-state index is 12.4. The minimum Gasteiger partial charge on any atom is -0.495 e. The van der Waals surface area contributed by atoms with Gasteiger partial charge in [-0.05, 0) is 30.7 Å². The van der Waals surface area contributed by atoms with Crippen LogP contribution in [0.3, 0.4) is 0 Å². The Bertz CT molecular complexity index is 661. The fraction of sp³-hybridized carbons (Fsp3) is 0.350. The molecule has 2 aromatic rings. The summed E-state index contributed by atoms with van der Waals surface area (Å²) >= 11 is 0. The molecule has 25 heavy (non-hydrogen) atoms. The quantitative estimate of drug-likeness (QED) is 0.735. The number of nitrogens with zero attached hydrogens (tertiary/aromatic N) is 1. The molecule has 0 saturated heterocycles. The van der Waals surface area contributed by atoms with Crippen molar-refractivity contribution < 1.29 is 14.6 Å². The zero-order chi connectivity index (χ0) is 18.1. The maximum absolute atomic E-state index is 12.4. The van der Waals surface area contributed by atoms with Gasteiger partial charge in [-0.15, -0.1) is 0 Å². The lowest BCUT2D eigenvalue weighted by Crippen LogP contribution is -2.36. The molecule has 1 atom stereocenters. The molecule has 0 aliphatic heterocycles. The Labute approximate surface area is 149 Å². The number of hydrogen-bond acceptors (Lipinski definition) is 4. The number of aliphatic hydroxyl groups excluding tert-OH is 1. The topological polar surface area (TPSA) is 61.8 Å². The molecule has 2 N–H and O–H groups in total. The number of anilines is 1. The molecular weight excluding hydrogens is 316 g/mol. The van der Waals surface area contributed by atoms with Crippen LogP contribution in [0.2, 0.25) is 0 Å². The molecule has 0 radical (unpaired) electrons. The molecule has 1 amide bonds. The van der Waals surface area contributed by atoms with Crippen molar-refractivity contribution in [3.8, 4) is 5.75 Å². The van der Waals surface area contributed by atoms with E-state index < -0.39 is 6.10 Å². The number of methoxy groups -OCH3 is 1. The molecule has 5 nitrogen and oxygen atoms in total. The van der Waals surface area contributed by atoms with E-state index in [9.17, 15) is 9.90 Å². The van der Waals surface area contributed by atoms with Gasteiger partial charge in [-0.25, -0.2) is 0 Å². The Balaban J connectivity index is 1.97. The van der Waals surface area contributed by atoms with Crippen LogP contribution in [0.4, 0.5) is 5.69 Å². The zero-order valence-corrected chi connectivity index (χ0v) is 14.8. The molecule has 0 aromatic heterocycles. The molecule has 0 saturated carbocycles. The van der Waals surface area contributed by atoms with Crippen molar-refractivity contribution in [2.75, 3.05) is 32.1 Å². The highest BCUT2D eigenvalue weighted by Crippen LogP contribution is 2.23. The van der Waals surface area contributed by atoms with E-state index >= 15 is 0 Å². The van der Waals surface area contributed by atoms with E-state index in [1.807, 2.05) is 47.4 Å². The standard InChI is InChI=1S/C20H26N2O3/c1-3-13-22(14-18(23)16-9-5-4-6-10-16)15-20(24)21-17-11-7-8-12-19(17)25-2/h4-12,18,23H,3,13-15H2,1-2H3,(H,21,24). The monoisotopic (exact) mass is 342 g/mol. The number of hydrogen-bond donors (Lipinski definition) is 2. The fourth-order valence-electron chi connectivity index (χ4n) is 2.72. The van der Waals surface area contributed by atoms with Crippen molar-refractivity contribution in [1.29, 1.82) is 0 Å². The lowest BCUT2D eigenvalue weighted by molar-refractivity contribution is -0.117. The Hall–Kier alpha value is -2.37. The van der Waals surface area contributed by atoms with Gasteiger partial charge in [0.05, 0.1) is 25.4 Å². The number of carbonyl (C=O) groups excluding carboxylic acids is 1.